The highest BCUT2D eigenvalue weighted by Crippen LogP contribution is 2.49. The van der Waals surface area contributed by atoms with Crippen molar-refractivity contribution in [1.29, 1.82) is 0 Å². The lowest BCUT2D eigenvalue weighted by atomic mass is 9.77. The number of nitrogens with zero attached hydrogens (tertiary/aromatic N) is 4. The van der Waals surface area contributed by atoms with Crippen molar-refractivity contribution >= 4 is 11.7 Å². The first-order valence-electron chi connectivity index (χ1n) is 10.8. The molecular weight excluding hydrogens is 438 g/mol. The summed E-state index contributed by atoms with van der Waals surface area (Å²) in [6.07, 6.45) is 1.02. The van der Waals surface area contributed by atoms with Crippen molar-refractivity contribution in [2.45, 2.75) is 24.8 Å². The third-order valence-corrected chi connectivity index (χ3v) is 6.40. The van der Waals surface area contributed by atoms with Gasteiger partial charge in [-0.25, -0.2) is 0 Å². The number of benzene rings is 2. The third-order valence-electron chi connectivity index (χ3n) is 6.40. The molecule has 0 bridgehead atoms. The number of tetrazole rings is 1. The van der Waals surface area contributed by atoms with Crippen molar-refractivity contribution < 1.29 is 23.7 Å². The van der Waals surface area contributed by atoms with Crippen LogP contribution >= 0.6 is 0 Å². The average molecular weight is 463 g/mol. The molecule has 10 nitrogen and oxygen atoms in total. The highest BCUT2D eigenvalue weighted by molar-refractivity contribution is 6.00. The summed E-state index contributed by atoms with van der Waals surface area (Å²) in [5.41, 5.74) is 3.21. The van der Waals surface area contributed by atoms with Crippen LogP contribution in [0.4, 0.5) is 5.95 Å². The first-order chi connectivity index (χ1) is 16.6. The van der Waals surface area contributed by atoms with Gasteiger partial charge in [0.2, 0.25) is 11.7 Å². The number of allylic oxidation sites excluding steroid dienone is 2. The fourth-order valence-corrected chi connectivity index (χ4v) is 4.81. The second kappa shape index (κ2) is 8.69. The molecule has 0 amide bonds. The third kappa shape index (κ3) is 3.42. The predicted molar refractivity (Wildman–Crippen MR) is 123 cm³/mol. The van der Waals surface area contributed by atoms with E-state index in [2.05, 4.69) is 20.8 Å². The highest BCUT2D eigenvalue weighted by atomic mass is 16.5. The molecule has 2 heterocycles. The van der Waals surface area contributed by atoms with Crippen molar-refractivity contribution in [3.8, 4) is 23.0 Å². The maximum atomic E-state index is 13.6. The van der Waals surface area contributed by atoms with E-state index in [0.29, 0.717) is 47.2 Å². The van der Waals surface area contributed by atoms with Gasteiger partial charge in [0, 0.05) is 23.3 Å². The van der Waals surface area contributed by atoms with Crippen molar-refractivity contribution in [2.24, 2.45) is 0 Å². The van der Waals surface area contributed by atoms with Gasteiger partial charge < -0.3 is 24.3 Å². The summed E-state index contributed by atoms with van der Waals surface area (Å²) in [5.74, 6) is 2.73. The predicted octanol–water partition coefficient (Wildman–Crippen LogP) is 3.12. The number of aromatic nitrogens is 4. The molecule has 2 atom stereocenters. The molecular formula is C24H25N5O5. The lowest BCUT2D eigenvalue weighted by molar-refractivity contribution is -0.116. The van der Waals surface area contributed by atoms with E-state index in [1.165, 1.54) is 0 Å². The van der Waals surface area contributed by atoms with Crippen LogP contribution in [0.15, 0.2) is 47.7 Å². The molecule has 0 unspecified atom stereocenters. The number of ketones is 1. The minimum absolute atomic E-state index is 0.0255. The monoisotopic (exact) mass is 463 g/mol. The van der Waals surface area contributed by atoms with Gasteiger partial charge in [-0.15, -0.1) is 0 Å². The minimum atomic E-state index is -0.569. The Morgan fingerprint density at radius 3 is 2.35 bits per heavy atom. The van der Waals surface area contributed by atoms with Crippen LogP contribution in [0.25, 0.3) is 0 Å². The fraction of sp³-hybridized carbons (Fsp3) is 0.333. The zero-order valence-electron chi connectivity index (χ0n) is 19.4. The van der Waals surface area contributed by atoms with Gasteiger partial charge in [-0.1, -0.05) is 17.2 Å². The lowest BCUT2D eigenvalue weighted by Gasteiger charge is -2.35. The van der Waals surface area contributed by atoms with Crippen LogP contribution in [-0.2, 0) is 4.79 Å². The van der Waals surface area contributed by atoms with Crippen molar-refractivity contribution in [3.63, 3.8) is 0 Å². The van der Waals surface area contributed by atoms with Gasteiger partial charge in [0.15, 0.2) is 17.3 Å². The topological polar surface area (TPSA) is 110 Å². The molecule has 34 heavy (non-hydrogen) atoms. The van der Waals surface area contributed by atoms with Crippen LogP contribution in [-0.4, -0.2) is 54.4 Å². The Balaban J connectivity index is 1.62. The fourth-order valence-electron chi connectivity index (χ4n) is 4.81. The first-order valence-corrected chi connectivity index (χ1v) is 10.8. The van der Waals surface area contributed by atoms with Gasteiger partial charge in [0.1, 0.15) is 11.8 Å². The van der Waals surface area contributed by atoms with Crippen molar-refractivity contribution in [1.82, 2.24) is 20.2 Å². The number of anilines is 1. The Labute approximate surface area is 196 Å². The standard InChI is InChI=1S/C24H25N5O5/c1-31-15-7-5-13(6-8-15)14-11-17-20(18(30)12-14)21(29-24(25-17)26-27-28-29)16-9-10-19(32-2)23(34-4)22(16)33-3/h5-10,14,21H,11-12H2,1-4H3,(H,25,26,28)/t14-,21-/m1/s1. The number of Topliss-reactive ketones (excluding diaryl/α,β-unsaturated/α-hetero) is 1. The molecule has 1 aliphatic heterocycles. The number of hydrogen-bond donors (Lipinski definition) is 1. The Kier molecular flexibility index (Phi) is 5.56. The van der Waals surface area contributed by atoms with Crippen LogP contribution in [0.3, 0.4) is 0 Å². The number of hydrogen-bond acceptors (Lipinski definition) is 9. The van der Waals surface area contributed by atoms with E-state index in [9.17, 15) is 4.79 Å². The number of rotatable bonds is 6. The van der Waals surface area contributed by atoms with E-state index < -0.39 is 6.04 Å². The molecule has 2 aromatic carbocycles. The van der Waals surface area contributed by atoms with Crippen LogP contribution < -0.4 is 24.3 Å². The number of carbonyl (C=O) groups is 1. The van der Waals surface area contributed by atoms with E-state index in [0.717, 1.165) is 17.0 Å². The molecule has 1 N–H and O–H groups in total. The molecule has 1 aliphatic carbocycles. The quantitative estimate of drug-likeness (QED) is 0.589. The van der Waals surface area contributed by atoms with Gasteiger partial charge in [0.25, 0.3) is 0 Å². The van der Waals surface area contributed by atoms with Gasteiger partial charge in [0.05, 0.1) is 28.4 Å². The Hall–Kier alpha value is -4.08. The molecule has 0 saturated carbocycles. The van der Waals surface area contributed by atoms with E-state index in [4.69, 9.17) is 18.9 Å². The largest absolute Gasteiger partial charge is 0.497 e. The maximum Gasteiger partial charge on any atom is 0.248 e. The molecule has 3 aromatic rings. The highest BCUT2D eigenvalue weighted by Gasteiger charge is 2.41. The maximum absolute atomic E-state index is 13.6. The average Bonchev–Trinajstić information content (AvgIpc) is 3.34. The number of ether oxygens (including phenoxy) is 4. The second-order valence-electron chi connectivity index (χ2n) is 8.09. The van der Waals surface area contributed by atoms with Crippen LogP contribution in [0, 0.1) is 0 Å². The van der Waals surface area contributed by atoms with Gasteiger partial charge >= 0.3 is 0 Å². The summed E-state index contributed by atoms with van der Waals surface area (Å²) >= 11 is 0. The summed E-state index contributed by atoms with van der Waals surface area (Å²) in [7, 11) is 6.30. The SMILES string of the molecule is COc1ccc([C@H]2CC(=O)C3=C(C2)Nc2nnnn2[C@@H]3c2ccc(OC)c(OC)c2OC)cc1. The molecule has 2 aliphatic rings. The molecule has 176 valence electrons. The van der Waals surface area contributed by atoms with Gasteiger partial charge in [-0.2, -0.15) is 4.68 Å². The van der Waals surface area contributed by atoms with Crippen molar-refractivity contribution in [3.05, 3.63) is 58.8 Å². The zero-order chi connectivity index (χ0) is 23.8. The summed E-state index contributed by atoms with van der Waals surface area (Å²) in [5, 5.41) is 15.4. The van der Waals surface area contributed by atoms with E-state index in [-0.39, 0.29) is 11.7 Å². The Bertz CT molecular complexity index is 1270. The van der Waals surface area contributed by atoms with Gasteiger partial charge in [-0.3, -0.25) is 4.79 Å². The summed E-state index contributed by atoms with van der Waals surface area (Å²) in [6, 6.07) is 10.9. The lowest BCUT2D eigenvalue weighted by Crippen LogP contribution is -2.33. The molecule has 0 saturated heterocycles. The molecule has 10 heteroatoms. The van der Waals surface area contributed by atoms with E-state index in [1.807, 2.05) is 30.3 Å². The van der Waals surface area contributed by atoms with Crippen LogP contribution in [0.1, 0.15) is 35.9 Å². The number of fused-ring (bicyclic) bond motifs is 1. The molecule has 0 fully saturated rings. The van der Waals surface area contributed by atoms with Crippen LogP contribution in [0.2, 0.25) is 0 Å². The van der Waals surface area contributed by atoms with E-state index >= 15 is 0 Å². The summed E-state index contributed by atoms with van der Waals surface area (Å²) in [6.45, 7) is 0. The molecule has 0 spiro atoms. The smallest absolute Gasteiger partial charge is 0.248 e. The summed E-state index contributed by atoms with van der Waals surface area (Å²) < 4.78 is 23.6. The summed E-state index contributed by atoms with van der Waals surface area (Å²) in [4.78, 5) is 13.6. The molecule has 5 rings (SSSR count). The first kappa shape index (κ1) is 21.7. The van der Waals surface area contributed by atoms with Gasteiger partial charge in [-0.05, 0) is 52.6 Å². The van der Waals surface area contributed by atoms with Crippen molar-refractivity contribution in [2.75, 3.05) is 33.8 Å². The van der Waals surface area contributed by atoms with Crippen LogP contribution in [0.5, 0.6) is 23.0 Å². The Morgan fingerprint density at radius 2 is 1.68 bits per heavy atom. The molecule has 1 aromatic heterocycles. The normalized spacial score (nSPS) is 19.1. The number of methoxy groups -OCH3 is 4. The molecule has 0 radical (unpaired) electrons. The zero-order valence-corrected chi connectivity index (χ0v) is 19.4. The Morgan fingerprint density at radius 1 is 0.912 bits per heavy atom. The minimum Gasteiger partial charge on any atom is -0.497 e. The second-order valence-corrected chi connectivity index (χ2v) is 8.09. The van der Waals surface area contributed by atoms with E-state index in [1.54, 1.807) is 39.2 Å². The number of nitrogens with one attached hydrogen (secondary N) is 1. The number of carbonyl (C=O) groups excluding carboxylic acids is 1.